The summed E-state index contributed by atoms with van der Waals surface area (Å²) in [5, 5.41) is 13.7. The van der Waals surface area contributed by atoms with Gasteiger partial charge in [0.15, 0.2) is 0 Å². The highest BCUT2D eigenvalue weighted by Crippen LogP contribution is 2.52. The summed E-state index contributed by atoms with van der Waals surface area (Å²) in [6.07, 6.45) is 8.32. The number of aryl methyl sites for hydroxylation is 2. The molecule has 1 saturated carbocycles. The lowest BCUT2D eigenvalue weighted by Gasteiger charge is -2.17. The van der Waals surface area contributed by atoms with Crippen molar-refractivity contribution in [2.45, 2.75) is 38.7 Å². The van der Waals surface area contributed by atoms with Crippen LogP contribution in [0.25, 0.3) is 0 Å². The summed E-state index contributed by atoms with van der Waals surface area (Å²) in [5.41, 5.74) is 1.51. The molecule has 3 heteroatoms. The summed E-state index contributed by atoms with van der Waals surface area (Å²) in [6.45, 7) is 1.91. The van der Waals surface area contributed by atoms with E-state index in [-0.39, 0.29) is 11.5 Å². The van der Waals surface area contributed by atoms with Gasteiger partial charge >= 0.3 is 0 Å². The molecule has 0 bridgehead atoms. The van der Waals surface area contributed by atoms with Gasteiger partial charge < -0.3 is 5.11 Å². The van der Waals surface area contributed by atoms with Crippen molar-refractivity contribution in [2.24, 2.45) is 12.5 Å². The number of rotatable bonds is 4. The lowest BCUT2D eigenvalue weighted by molar-refractivity contribution is 0.105. The summed E-state index contributed by atoms with van der Waals surface area (Å²) < 4.78 is 1.83. The molecule has 1 aliphatic rings. The Morgan fingerprint density at radius 3 is 2.79 bits per heavy atom. The van der Waals surface area contributed by atoms with E-state index >= 15 is 0 Å². The number of aliphatic hydroxyl groups is 1. The number of hydrogen-bond acceptors (Lipinski definition) is 2. The fourth-order valence-corrected chi connectivity index (χ4v) is 2.03. The molecule has 1 atom stereocenters. The highest BCUT2D eigenvalue weighted by Gasteiger charge is 2.45. The maximum atomic E-state index is 9.61. The molecular formula is C11H18N2O. The zero-order valence-electron chi connectivity index (χ0n) is 8.90. The maximum Gasteiger partial charge on any atom is 0.0568 e. The highest BCUT2D eigenvalue weighted by molar-refractivity contribution is 5.07. The van der Waals surface area contributed by atoms with Crippen LogP contribution >= 0.6 is 0 Å². The van der Waals surface area contributed by atoms with E-state index in [1.54, 1.807) is 0 Å². The van der Waals surface area contributed by atoms with Crippen LogP contribution in [0.3, 0.4) is 0 Å². The first-order valence-electron chi connectivity index (χ1n) is 5.28. The number of aromatic nitrogens is 2. The van der Waals surface area contributed by atoms with Crippen molar-refractivity contribution in [3.63, 3.8) is 0 Å². The van der Waals surface area contributed by atoms with Crippen LogP contribution in [0.1, 0.15) is 31.7 Å². The topological polar surface area (TPSA) is 38.1 Å². The standard InChI is InChI=1S/C11H18N2O/c1-9(14)11(5-6-11)4-3-10-7-12-13(2)8-10/h7-9,14H,3-6H2,1-2H3. The fourth-order valence-electron chi connectivity index (χ4n) is 2.03. The van der Waals surface area contributed by atoms with Gasteiger partial charge in [-0.25, -0.2) is 0 Å². The quantitative estimate of drug-likeness (QED) is 0.789. The Hall–Kier alpha value is -0.830. The summed E-state index contributed by atoms with van der Waals surface area (Å²) in [4.78, 5) is 0. The highest BCUT2D eigenvalue weighted by atomic mass is 16.3. The molecule has 1 fully saturated rings. The molecule has 0 amide bonds. The molecule has 1 aliphatic carbocycles. The summed E-state index contributed by atoms with van der Waals surface area (Å²) in [7, 11) is 1.94. The Bertz CT molecular complexity index is 313. The second kappa shape index (κ2) is 3.39. The molecule has 1 N–H and O–H groups in total. The first-order chi connectivity index (χ1) is 6.62. The molecular weight excluding hydrogens is 176 g/mol. The largest absolute Gasteiger partial charge is 0.393 e. The first kappa shape index (κ1) is 9.71. The van der Waals surface area contributed by atoms with E-state index in [1.807, 2.05) is 24.9 Å². The molecule has 1 aromatic rings. The van der Waals surface area contributed by atoms with Gasteiger partial charge in [-0.3, -0.25) is 4.68 Å². The normalized spacial score (nSPS) is 20.8. The van der Waals surface area contributed by atoms with Gasteiger partial charge in [-0.15, -0.1) is 0 Å². The van der Waals surface area contributed by atoms with Crippen molar-refractivity contribution in [3.8, 4) is 0 Å². The van der Waals surface area contributed by atoms with Gasteiger partial charge in [0.1, 0.15) is 0 Å². The minimum Gasteiger partial charge on any atom is -0.393 e. The molecule has 1 heterocycles. The SMILES string of the molecule is CC(O)C1(CCc2cnn(C)c2)CC1. The monoisotopic (exact) mass is 194 g/mol. The van der Waals surface area contributed by atoms with Gasteiger partial charge in [0.25, 0.3) is 0 Å². The Balaban J connectivity index is 1.89. The van der Waals surface area contributed by atoms with E-state index < -0.39 is 0 Å². The van der Waals surface area contributed by atoms with Crippen LogP contribution in [0, 0.1) is 5.41 Å². The lowest BCUT2D eigenvalue weighted by Crippen LogP contribution is -2.18. The van der Waals surface area contributed by atoms with Crippen LogP contribution in [0.5, 0.6) is 0 Å². The Kier molecular flexibility index (Phi) is 2.35. The van der Waals surface area contributed by atoms with Gasteiger partial charge in [-0.1, -0.05) is 0 Å². The van der Waals surface area contributed by atoms with E-state index in [0.717, 1.165) is 12.8 Å². The van der Waals surface area contributed by atoms with Crippen LogP contribution in [-0.2, 0) is 13.5 Å². The summed E-state index contributed by atoms with van der Waals surface area (Å²) >= 11 is 0. The Morgan fingerprint density at radius 1 is 1.64 bits per heavy atom. The van der Waals surface area contributed by atoms with Crippen molar-refractivity contribution in [1.82, 2.24) is 9.78 Å². The molecule has 78 valence electrons. The molecule has 14 heavy (non-hydrogen) atoms. The van der Waals surface area contributed by atoms with Gasteiger partial charge in [-0.2, -0.15) is 5.10 Å². The third kappa shape index (κ3) is 1.82. The van der Waals surface area contributed by atoms with Crippen molar-refractivity contribution >= 4 is 0 Å². The van der Waals surface area contributed by atoms with E-state index in [2.05, 4.69) is 11.3 Å². The molecule has 1 aromatic heterocycles. The van der Waals surface area contributed by atoms with Crippen LogP contribution in [0.4, 0.5) is 0 Å². The molecule has 0 saturated heterocycles. The molecule has 0 radical (unpaired) electrons. The van der Waals surface area contributed by atoms with E-state index in [4.69, 9.17) is 0 Å². The Labute approximate surface area is 84.7 Å². The van der Waals surface area contributed by atoms with E-state index in [0.29, 0.717) is 0 Å². The zero-order valence-corrected chi connectivity index (χ0v) is 8.90. The van der Waals surface area contributed by atoms with E-state index in [9.17, 15) is 5.11 Å². The van der Waals surface area contributed by atoms with Crippen molar-refractivity contribution in [1.29, 1.82) is 0 Å². The second-order valence-corrected chi connectivity index (χ2v) is 4.56. The summed E-state index contributed by atoms with van der Waals surface area (Å²) in [5.74, 6) is 0. The van der Waals surface area contributed by atoms with Crippen molar-refractivity contribution in [2.75, 3.05) is 0 Å². The third-order valence-electron chi connectivity index (χ3n) is 3.45. The Morgan fingerprint density at radius 2 is 2.36 bits per heavy atom. The van der Waals surface area contributed by atoms with E-state index in [1.165, 1.54) is 18.4 Å². The van der Waals surface area contributed by atoms with Crippen LogP contribution in [0.2, 0.25) is 0 Å². The molecule has 3 nitrogen and oxygen atoms in total. The average Bonchev–Trinajstić information content (AvgIpc) is 2.82. The fraction of sp³-hybridized carbons (Fsp3) is 0.727. The zero-order chi connectivity index (χ0) is 10.2. The molecule has 2 rings (SSSR count). The minimum absolute atomic E-state index is 0.154. The van der Waals surface area contributed by atoms with Gasteiger partial charge in [-0.05, 0) is 43.6 Å². The molecule has 0 spiro atoms. The number of aliphatic hydroxyl groups excluding tert-OH is 1. The van der Waals surface area contributed by atoms with Gasteiger partial charge in [0.2, 0.25) is 0 Å². The van der Waals surface area contributed by atoms with Gasteiger partial charge in [0, 0.05) is 13.2 Å². The average molecular weight is 194 g/mol. The minimum atomic E-state index is -0.154. The summed E-state index contributed by atoms with van der Waals surface area (Å²) in [6, 6.07) is 0. The second-order valence-electron chi connectivity index (χ2n) is 4.56. The predicted molar refractivity (Wildman–Crippen MR) is 54.9 cm³/mol. The lowest BCUT2D eigenvalue weighted by atomic mass is 9.93. The van der Waals surface area contributed by atoms with Crippen LogP contribution in [-0.4, -0.2) is 21.0 Å². The van der Waals surface area contributed by atoms with Crippen molar-refractivity contribution in [3.05, 3.63) is 18.0 Å². The van der Waals surface area contributed by atoms with Crippen LogP contribution < -0.4 is 0 Å². The first-order valence-corrected chi connectivity index (χ1v) is 5.28. The molecule has 1 unspecified atom stereocenters. The third-order valence-corrected chi connectivity index (χ3v) is 3.45. The predicted octanol–water partition coefficient (Wildman–Crippen LogP) is 1.51. The maximum absolute atomic E-state index is 9.61. The van der Waals surface area contributed by atoms with Crippen molar-refractivity contribution < 1.29 is 5.11 Å². The smallest absolute Gasteiger partial charge is 0.0568 e. The van der Waals surface area contributed by atoms with Gasteiger partial charge in [0.05, 0.1) is 12.3 Å². The number of hydrogen-bond donors (Lipinski definition) is 1. The number of nitrogens with zero attached hydrogens (tertiary/aromatic N) is 2. The molecule has 0 aliphatic heterocycles. The molecule has 0 aromatic carbocycles. The van der Waals surface area contributed by atoms with Crippen LogP contribution in [0.15, 0.2) is 12.4 Å².